The molecule has 0 fully saturated rings. The molecule has 1 atom stereocenters. The van der Waals surface area contributed by atoms with Crippen molar-refractivity contribution in [1.29, 1.82) is 0 Å². The van der Waals surface area contributed by atoms with Crippen LogP contribution >= 0.6 is 0 Å². The SMILES string of the molecule is Cc1ccc(C(CNC(C)(C)C)Cc2cn(C)nn2)cc1. The summed E-state index contributed by atoms with van der Waals surface area (Å²) in [5.74, 6) is 0.404. The number of aromatic nitrogens is 3. The number of nitrogens with one attached hydrogen (secondary N) is 1. The highest BCUT2D eigenvalue weighted by atomic mass is 15.4. The van der Waals surface area contributed by atoms with Crippen molar-refractivity contribution >= 4 is 0 Å². The number of hydrogen-bond acceptors (Lipinski definition) is 3. The fourth-order valence-electron chi connectivity index (χ4n) is 2.32. The van der Waals surface area contributed by atoms with Gasteiger partial charge < -0.3 is 5.32 Å². The normalized spacial score (nSPS) is 13.4. The Morgan fingerprint density at radius 1 is 1.19 bits per heavy atom. The minimum Gasteiger partial charge on any atom is -0.311 e. The Kier molecular flexibility index (Phi) is 4.78. The van der Waals surface area contributed by atoms with E-state index in [0.29, 0.717) is 5.92 Å². The average molecular weight is 286 g/mol. The molecule has 4 nitrogen and oxygen atoms in total. The van der Waals surface area contributed by atoms with Gasteiger partial charge in [0.1, 0.15) is 0 Å². The maximum absolute atomic E-state index is 4.23. The van der Waals surface area contributed by atoms with E-state index in [9.17, 15) is 0 Å². The third-order valence-corrected chi connectivity index (χ3v) is 3.53. The Morgan fingerprint density at radius 3 is 2.38 bits per heavy atom. The Bertz CT molecular complexity index is 563. The lowest BCUT2D eigenvalue weighted by molar-refractivity contribution is 0.404. The predicted octanol–water partition coefficient (Wildman–Crippen LogP) is 2.84. The zero-order chi connectivity index (χ0) is 15.5. The molecule has 2 aromatic rings. The van der Waals surface area contributed by atoms with Crippen molar-refractivity contribution in [1.82, 2.24) is 20.3 Å². The highest BCUT2D eigenvalue weighted by Gasteiger charge is 2.17. The van der Waals surface area contributed by atoms with Crippen molar-refractivity contribution in [3.63, 3.8) is 0 Å². The van der Waals surface area contributed by atoms with Crippen LogP contribution in [-0.2, 0) is 13.5 Å². The van der Waals surface area contributed by atoms with Gasteiger partial charge in [0.05, 0.1) is 5.69 Å². The molecule has 0 saturated heterocycles. The van der Waals surface area contributed by atoms with E-state index in [1.54, 1.807) is 4.68 Å². The predicted molar refractivity (Wildman–Crippen MR) is 86.4 cm³/mol. The summed E-state index contributed by atoms with van der Waals surface area (Å²) in [5.41, 5.74) is 3.80. The summed E-state index contributed by atoms with van der Waals surface area (Å²) in [7, 11) is 1.91. The van der Waals surface area contributed by atoms with E-state index in [0.717, 1.165) is 18.7 Å². The van der Waals surface area contributed by atoms with Crippen LogP contribution in [0.1, 0.15) is 43.5 Å². The summed E-state index contributed by atoms with van der Waals surface area (Å²) in [5, 5.41) is 11.9. The summed E-state index contributed by atoms with van der Waals surface area (Å²) in [6.07, 6.45) is 2.90. The van der Waals surface area contributed by atoms with Gasteiger partial charge in [-0.3, -0.25) is 4.68 Å². The summed E-state index contributed by atoms with van der Waals surface area (Å²) in [4.78, 5) is 0. The van der Waals surface area contributed by atoms with Crippen LogP contribution in [0.25, 0.3) is 0 Å². The van der Waals surface area contributed by atoms with E-state index in [4.69, 9.17) is 0 Å². The van der Waals surface area contributed by atoms with E-state index >= 15 is 0 Å². The maximum Gasteiger partial charge on any atom is 0.0833 e. The van der Waals surface area contributed by atoms with Gasteiger partial charge in [0.25, 0.3) is 0 Å². The number of nitrogens with zero attached hydrogens (tertiary/aromatic N) is 3. The van der Waals surface area contributed by atoms with Crippen LogP contribution in [0, 0.1) is 6.92 Å². The lowest BCUT2D eigenvalue weighted by atomic mass is 9.92. The van der Waals surface area contributed by atoms with Crippen molar-refractivity contribution in [3.8, 4) is 0 Å². The van der Waals surface area contributed by atoms with Crippen LogP contribution in [0.15, 0.2) is 30.5 Å². The van der Waals surface area contributed by atoms with Gasteiger partial charge >= 0.3 is 0 Å². The summed E-state index contributed by atoms with van der Waals surface area (Å²) >= 11 is 0. The van der Waals surface area contributed by atoms with Crippen LogP contribution in [0.5, 0.6) is 0 Å². The number of aryl methyl sites for hydroxylation is 2. The summed E-state index contributed by atoms with van der Waals surface area (Å²) in [6, 6.07) is 8.80. The molecule has 1 heterocycles. The third kappa shape index (κ3) is 4.97. The van der Waals surface area contributed by atoms with Crippen LogP contribution in [0.2, 0.25) is 0 Å². The van der Waals surface area contributed by atoms with Gasteiger partial charge in [0, 0.05) is 37.7 Å². The Balaban J connectivity index is 2.15. The molecular weight excluding hydrogens is 260 g/mol. The van der Waals surface area contributed by atoms with E-state index in [2.05, 4.69) is 67.6 Å². The largest absolute Gasteiger partial charge is 0.311 e. The zero-order valence-corrected chi connectivity index (χ0v) is 13.7. The van der Waals surface area contributed by atoms with Gasteiger partial charge in [-0.25, -0.2) is 0 Å². The van der Waals surface area contributed by atoms with E-state index in [1.807, 2.05) is 13.2 Å². The molecule has 1 N–H and O–H groups in total. The molecule has 0 radical (unpaired) electrons. The van der Waals surface area contributed by atoms with E-state index < -0.39 is 0 Å². The average Bonchev–Trinajstić information content (AvgIpc) is 2.80. The number of hydrogen-bond donors (Lipinski definition) is 1. The molecule has 0 aliphatic heterocycles. The molecule has 21 heavy (non-hydrogen) atoms. The van der Waals surface area contributed by atoms with Crippen molar-refractivity contribution < 1.29 is 0 Å². The van der Waals surface area contributed by atoms with Crippen LogP contribution < -0.4 is 5.32 Å². The van der Waals surface area contributed by atoms with Gasteiger partial charge in [-0.2, -0.15) is 0 Å². The summed E-state index contributed by atoms with van der Waals surface area (Å²) in [6.45, 7) is 9.64. The molecule has 1 unspecified atom stereocenters. The first-order valence-electron chi connectivity index (χ1n) is 7.50. The van der Waals surface area contributed by atoms with Crippen LogP contribution in [0.3, 0.4) is 0 Å². The van der Waals surface area contributed by atoms with Crippen molar-refractivity contribution in [2.75, 3.05) is 6.54 Å². The minimum absolute atomic E-state index is 0.116. The van der Waals surface area contributed by atoms with Gasteiger partial charge in [0.15, 0.2) is 0 Å². The topological polar surface area (TPSA) is 42.7 Å². The molecular formula is C17H26N4. The lowest BCUT2D eigenvalue weighted by Gasteiger charge is -2.25. The smallest absolute Gasteiger partial charge is 0.0833 e. The van der Waals surface area contributed by atoms with Crippen molar-refractivity contribution in [2.24, 2.45) is 7.05 Å². The van der Waals surface area contributed by atoms with Gasteiger partial charge in [-0.05, 0) is 33.3 Å². The van der Waals surface area contributed by atoms with Crippen molar-refractivity contribution in [2.45, 2.75) is 45.6 Å². The molecule has 114 valence electrons. The zero-order valence-electron chi connectivity index (χ0n) is 13.7. The second-order valence-corrected chi connectivity index (χ2v) is 6.83. The molecule has 0 spiro atoms. The molecule has 0 aliphatic carbocycles. The molecule has 4 heteroatoms. The molecule has 2 rings (SSSR count). The van der Waals surface area contributed by atoms with Crippen molar-refractivity contribution in [3.05, 3.63) is 47.3 Å². The van der Waals surface area contributed by atoms with Gasteiger partial charge in [-0.15, -0.1) is 5.10 Å². The molecule has 0 saturated carbocycles. The number of rotatable bonds is 5. The Morgan fingerprint density at radius 2 is 1.86 bits per heavy atom. The van der Waals surface area contributed by atoms with E-state index in [1.165, 1.54) is 11.1 Å². The number of benzene rings is 1. The van der Waals surface area contributed by atoms with Gasteiger partial charge in [0.2, 0.25) is 0 Å². The molecule has 1 aromatic heterocycles. The molecule has 0 bridgehead atoms. The van der Waals surface area contributed by atoms with Crippen LogP contribution in [0.4, 0.5) is 0 Å². The second kappa shape index (κ2) is 6.39. The fourth-order valence-corrected chi connectivity index (χ4v) is 2.32. The molecule has 0 amide bonds. The first kappa shape index (κ1) is 15.7. The molecule has 1 aromatic carbocycles. The summed E-state index contributed by atoms with van der Waals surface area (Å²) < 4.78 is 1.76. The quantitative estimate of drug-likeness (QED) is 0.919. The second-order valence-electron chi connectivity index (χ2n) is 6.83. The first-order chi connectivity index (χ1) is 9.83. The Hall–Kier alpha value is -1.68. The maximum atomic E-state index is 4.23. The third-order valence-electron chi connectivity index (χ3n) is 3.53. The fraction of sp³-hybridized carbons (Fsp3) is 0.529. The minimum atomic E-state index is 0.116. The monoisotopic (exact) mass is 286 g/mol. The first-order valence-corrected chi connectivity index (χ1v) is 7.50. The standard InChI is InChI=1S/C17H26N4/c1-13-6-8-14(9-7-13)15(11-18-17(2,3)4)10-16-12-21(5)20-19-16/h6-9,12,15,18H,10-11H2,1-5H3. The molecule has 0 aliphatic rings. The Labute approximate surface area is 127 Å². The van der Waals surface area contributed by atoms with E-state index in [-0.39, 0.29) is 5.54 Å². The van der Waals surface area contributed by atoms with Gasteiger partial charge in [-0.1, -0.05) is 35.0 Å². The van der Waals surface area contributed by atoms with Crippen LogP contribution in [-0.4, -0.2) is 27.1 Å². The lowest BCUT2D eigenvalue weighted by Crippen LogP contribution is -2.39. The highest BCUT2D eigenvalue weighted by molar-refractivity contribution is 5.26. The highest BCUT2D eigenvalue weighted by Crippen LogP contribution is 2.21.